The predicted molar refractivity (Wildman–Crippen MR) is 78.6 cm³/mol. The van der Waals surface area contributed by atoms with Crippen LogP contribution in [0.15, 0.2) is 54.6 Å². The second kappa shape index (κ2) is 6.50. The van der Waals surface area contributed by atoms with E-state index in [1.165, 1.54) is 5.56 Å². The normalized spacial score (nSPS) is 10.7. The Morgan fingerprint density at radius 2 is 1.68 bits per heavy atom. The minimum absolute atomic E-state index is 0.0454. The van der Waals surface area contributed by atoms with Crippen molar-refractivity contribution >= 4 is 17.4 Å². The van der Waals surface area contributed by atoms with Gasteiger partial charge in [0, 0.05) is 12.1 Å². The predicted octanol–water partition coefficient (Wildman–Crippen LogP) is 3.65. The number of likely N-dealkylation sites (N-methyl/N-ethyl adjacent to an activating group) is 1. The highest BCUT2D eigenvalue weighted by Crippen LogP contribution is 2.16. The number of hydrogen-bond donors (Lipinski definition) is 0. The van der Waals surface area contributed by atoms with Gasteiger partial charge in [0.05, 0.1) is 11.6 Å². The van der Waals surface area contributed by atoms with Crippen molar-refractivity contribution in [2.45, 2.75) is 6.54 Å². The Kier molecular flexibility index (Phi) is 4.72. The van der Waals surface area contributed by atoms with Gasteiger partial charge in [-0.15, -0.1) is 0 Å². The summed E-state index contributed by atoms with van der Waals surface area (Å²) < 4.78 is 0. The first-order chi connectivity index (χ1) is 9.16. The van der Waals surface area contributed by atoms with Gasteiger partial charge in [-0.05, 0) is 24.7 Å². The van der Waals surface area contributed by atoms with Crippen LogP contribution in [0.3, 0.4) is 0 Å². The van der Waals surface area contributed by atoms with Crippen LogP contribution in [0.2, 0.25) is 5.02 Å². The van der Waals surface area contributed by atoms with E-state index in [9.17, 15) is 4.79 Å². The summed E-state index contributed by atoms with van der Waals surface area (Å²) in [6, 6.07) is 17.2. The van der Waals surface area contributed by atoms with Crippen molar-refractivity contribution in [2.75, 3.05) is 13.6 Å². The fourth-order valence-corrected chi connectivity index (χ4v) is 2.21. The van der Waals surface area contributed by atoms with Crippen LogP contribution in [0.25, 0.3) is 0 Å². The van der Waals surface area contributed by atoms with Gasteiger partial charge in [-0.3, -0.25) is 9.69 Å². The Bertz CT molecular complexity index is 554. The molecule has 0 aliphatic rings. The van der Waals surface area contributed by atoms with E-state index in [4.69, 9.17) is 11.6 Å². The van der Waals surface area contributed by atoms with Crippen LogP contribution in [0.5, 0.6) is 0 Å². The van der Waals surface area contributed by atoms with Crippen molar-refractivity contribution in [3.05, 3.63) is 70.7 Å². The highest BCUT2D eigenvalue weighted by Gasteiger charge is 2.12. The van der Waals surface area contributed by atoms with Gasteiger partial charge in [0.15, 0.2) is 5.78 Å². The van der Waals surface area contributed by atoms with Crippen molar-refractivity contribution in [1.82, 2.24) is 4.90 Å². The van der Waals surface area contributed by atoms with Crippen LogP contribution < -0.4 is 0 Å². The second-order valence-electron chi connectivity index (χ2n) is 4.56. The van der Waals surface area contributed by atoms with Crippen molar-refractivity contribution in [3.8, 4) is 0 Å². The van der Waals surface area contributed by atoms with E-state index in [0.717, 1.165) is 6.54 Å². The number of hydrogen-bond acceptors (Lipinski definition) is 2. The molecule has 0 heterocycles. The summed E-state index contributed by atoms with van der Waals surface area (Å²) in [5.74, 6) is 0.0454. The first-order valence-corrected chi connectivity index (χ1v) is 6.55. The molecule has 2 nitrogen and oxygen atoms in total. The second-order valence-corrected chi connectivity index (χ2v) is 4.97. The standard InChI is InChI=1S/C16H16ClNO/c1-18(11-13-7-3-2-4-8-13)12-16(19)14-9-5-6-10-15(14)17/h2-10H,11-12H2,1H3. The summed E-state index contributed by atoms with van der Waals surface area (Å²) >= 11 is 6.02. The van der Waals surface area contributed by atoms with Gasteiger partial charge < -0.3 is 0 Å². The topological polar surface area (TPSA) is 20.3 Å². The summed E-state index contributed by atoms with van der Waals surface area (Å²) in [5.41, 5.74) is 1.78. The molecular formula is C16H16ClNO. The Hall–Kier alpha value is -1.64. The van der Waals surface area contributed by atoms with Crippen LogP contribution in [0, 0.1) is 0 Å². The molecule has 0 bridgehead atoms. The van der Waals surface area contributed by atoms with Gasteiger partial charge in [-0.1, -0.05) is 54.1 Å². The lowest BCUT2D eigenvalue weighted by molar-refractivity contribution is 0.0943. The minimum atomic E-state index is 0.0454. The number of carbonyl (C=O) groups excluding carboxylic acids is 1. The third-order valence-electron chi connectivity index (χ3n) is 2.88. The highest BCUT2D eigenvalue weighted by molar-refractivity contribution is 6.34. The van der Waals surface area contributed by atoms with Crippen LogP contribution >= 0.6 is 11.6 Å². The molecule has 0 spiro atoms. The fraction of sp³-hybridized carbons (Fsp3) is 0.188. The van der Waals surface area contributed by atoms with Gasteiger partial charge in [-0.2, -0.15) is 0 Å². The minimum Gasteiger partial charge on any atom is -0.295 e. The smallest absolute Gasteiger partial charge is 0.178 e. The Balaban J connectivity index is 1.98. The van der Waals surface area contributed by atoms with E-state index in [1.54, 1.807) is 12.1 Å². The Morgan fingerprint density at radius 3 is 2.37 bits per heavy atom. The molecular weight excluding hydrogens is 258 g/mol. The maximum Gasteiger partial charge on any atom is 0.178 e. The molecule has 0 aliphatic carbocycles. The maximum absolute atomic E-state index is 12.1. The number of halogens is 1. The van der Waals surface area contributed by atoms with E-state index in [2.05, 4.69) is 12.1 Å². The lowest BCUT2D eigenvalue weighted by Gasteiger charge is -2.16. The Morgan fingerprint density at radius 1 is 1.05 bits per heavy atom. The van der Waals surface area contributed by atoms with Crippen LogP contribution in [0.1, 0.15) is 15.9 Å². The summed E-state index contributed by atoms with van der Waals surface area (Å²) in [7, 11) is 1.93. The van der Waals surface area contributed by atoms with E-state index in [0.29, 0.717) is 17.1 Å². The number of rotatable bonds is 5. The highest BCUT2D eigenvalue weighted by atomic mass is 35.5. The van der Waals surface area contributed by atoms with Crippen molar-refractivity contribution < 1.29 is 4.79 Å². The molecule has 0 N–H and O–H groups in total. The van der Waals surface area contributed by atoms with Crippen LogP contribution in [-0.2, 0) is 6.54 Å². The zero-order valence-electron chi connectivity index (χ0n) is 10.8. The van der Waals surface area contributed by atoms with E-state index in [-0.39, 0.29) is 5.78 Å². The number of ketones is 1. The van der Waals surface area contributed by atoms with Crippen LogP contribution in [0.4, 0.5) is 0 Å². The molecule has 0 radical (unpaired) electrons. The zero-order chi connectivity index (χ0) is 13.7. The molecule has 2 aromatic rings. The van der Waals surface area contributed by atoms with Gasteiger partial charge in [0.1, 0.15) is 0 Å². The number of Topliss-reactive ketones (excluding diaryl/α,β-unsaturated/α-hetero) is 1. The Labute approximate surface area is 118 Å². The fourth-order valence-electron chi connectivity index (χ4n) is 1.97. The monoisotopic (exact) mass is 273 g/mol. The van der Waals surface area contributed by atoms with Gasteiger partial charge in [0.2, 0.25) is 0 Å². The largest absolute Gasteiger partial charge is 0.295 e. The SMILES string of the molecule is CN(CC(=O)c1ccccc1Cl)Cc1ccccc1. The van der Waals surface area contributed by atoms with Gasteiger partial charge in [-0.25, -0.2) is 0 Å². The molecule has 0 aliphatic heterocycles. The summed E-state index contributed by atoms with van der Waals surface area (Å²) in [5, 5.41) is 0.514. The number of nitrogens with zero attached hydrogens (tertiary/aromatic N) is 1. The maximum atomic E-state index is 12.1. The third kappa shape index (κ3) is 3.91. The molecule has 98 valence electrons. The third-order valence-corrected chi connectivity index (χ3v) is 3.21. The molecule has 0 aromatic heterocycles. The van der Waals surface area contributed by atoms with Gasteiger partial charge in [0.25, 0.3) is 0 Å². The summed E-state index contributed by atoms with van der Waals surface area (Å²) in [6.45, 7) is 1.11. The first-order valence-electron chi connectivity index (χ1n) is 6.17. The summed E-state index contributed by atoms with van der Waals surface area (Å²) in [4.78, 5) is 14.1. The first kappa shape index (κ1) is 13.8. The quantitative estimate of drug-likeness (QED) is 0.775. The number of benzene rings is 2. The van der Waals surface area contributed by atoms with E-state index >= 15 is 0 Å². The molecule has 2 rings (SSSR count). The molecule has 0 amide bonds. The molecule has 0 saturated carbocycles. The molecule has 2 aromatic carbocycles. The zero-order valence-corrected chi connectivity index (χ0v) is 11.6. The molecule has 0 fully saturated rings. The van der Waals surface area contributed by atoms with Crippen molar-refractivity contribution in [1.29, 1.82) is 0 Å². The van der Waals surface area contributed by atoms with Gasteiger partial charge >= 0.3 is 0 Å². The van der Waals surface area contributed by atoms with Crippen LogP contribution in [-0.4, -0.2) is 24.3 Å². The lowest BCUT2D eigenvalue weighted by atomic mass is 10.1. The molecule has 0 unspecified atom stereocenters. The molecule has 0 atom stereocenters. The summed E-state index contributed by atoms with van der Waals surface area (Å²) in [6.07, 6.45) is 0. The van der Waals surface area contributed by atoms with Crippen molar-refractivity contribution in [3.63, 3.8) is 0 Å². The van der Waals surface area contributed by atoms with Crippen molar-refractivity contribution in [2.24, 2.45) is 0 Å². The number of carbonyl (C=O) groups is 1. The molecule has 3 heteroatoms. The average molecular weight is 274 g/mol. The molecule has 19 heavy (non-hydrogen) atoms. The molecule has 0 saturated heterocycles. The van der Waals surface area contributed by atoms with E-state index < -0.39 is 0 Å². The average Bonchev–Trinajstić information content (AvgIpc) is 2.40. The lowest BCUT2D eigenvalue weighted by Crippen LogP contribution is -2.25. The van der Waals surface area contributed by atoms with E-state index in [1.807, 2.05) is 42.3 Å².